The van der Waals surface area contributed by atoms with Crippen LogP contribution in [0.25, 0.3) is 0 Å². The lowest BCUT2D eigenvalue weighted by Gasteiger charge is -2.30. The number of sulfonamides is 1. The highest BCUT2D eigenvalue weighted by atomic mass is 32.2. The second-order valence-corrected chi connectivity index (χ2v) is 10.2. The minimum absolute atomic E-state index is 0.0175. The summed E-state index contributed by atoms with van der Waals surface area (Å²) in [4.78, 5) is 12.8. The number of amides is 1. The Kier molecular flexibility index (Phi) is 7.39. The quantitative estimate of drug-likeness (QED) is 0.663. The molecular formula is C24H30N2O6S. The molecule has 1 fully saturated rings. The van der Waals surface area contributed by atoms with E-state index in [9.17, 15) is 13.2 Å². The van der Waals surface area contributed by atoms with Gasteiger partial charge in [0, 0.05) is 38.0 Å². The van der Waals surface area contributed by atoms with E-state index in [2.05, 4.69) is 5.32 Å². The first-order valence-corrected chi connectivity index (χ1v) is 12.7. The summed E-state index contributed by atoms with van der Waals surface area (Å²) in [6.45, 7) is 2.21. The van der Waals surface area contributed by atoms with Crippen molar-refractivity contribution in [2.45, 2.75) is 30.6 Å². The van der Waals surface area contributed by atoms with Crippen molar-refractivity contribution < 1.29 is 27.4 Å². The Morgan fingerprint density at radius 1 is 1.06 bits per heavy atom. The molecule has 2 aromatic rings. The third-order valence-electron chi connectivity index (χ3n) is 6.05. The number of nitrogens with zero attached hydrogens (tertiary/aromatic N) is 1. The lowest BCUT2D eigenvalue weighted by molar-refractivity contribution is -0.126. The van der Waals surface area contributed by atoms with Crippen molar-refractivity contribution >= 4 is 15.9 Å². The molecule has 1 amide bonds. The van der Waals surface area contributed by atoms with Gasteiger partial charge in [0.25, 0.3) is 0 Å². The fourth-order valence-corrected chi connectivity index (χ4v) is 5.56. The highest BCUT2D eigenvalue weighted by molar-refractivity contribution is 7.89. The molecule has 2 aliphatic heterocycles. The number of hydrogen-bond donors (Lipinski definition) is 1. The first-order chi connectivity index (χ1) is 16.0. The number of fused-ring (bicyclic) bond motifs is 1. The van der Waals surface area contributed by atoms with E-state index >= 15 is 0 Å². The van der Waals surface area contributed by atoms with E-state index in [1.165, 1.54) is 10.4 Å². The average molecular weight is 475 g/mol. The molecule has 2 aliphatic rings. The maximum absolute atomic E-state index is 13.1. The van der Waals surface area contributed by atoms with Crippen molar-refractivity contribution in [1.29, 1.82) is 0 Å². The first-order valence-electron chi connectivity index (χ1n) is 11.3. The molecule has 1 N–H and O–H groups in total. The first kappa shape index (κ1) is 23.4. The standard InChI is InChI=1S/C24H30N2O6S/c1-30-20-5-3-18(4-6-20)9-12-25-24(27)19-10-13-26(14-11-19)33(28,29)21-7-8-22-23(17-21)32-16-2-15-31-22/h3-8,17,19H,2,9-16H2,1H3,(H,25,27). The van der Waals surface area contributed by atoms with Crippen LogP contribution in [-0.2, 0) is 21.2 Å². The predicted molar refractivity (Wildman–Crippen MR) is 123 cm³/mol. The zero-order chi connectivity index (χ0) is 23.3. The number of piperidine rings is 1. The summed E-state index contributed by atoms with van der Waals surface area (Å²) in [6.07, 6.45) is 2.48. The van der Waals surface area contributed by atoms with E-state index in [0.717, 1.165) is 24.2 Å². The number of ether oxygens (including phenoxy) is 3. The van der Waals surface area contributed by atoms with Crippen LogP contribution < -0.4 is 19.5 Å². The molecular weight excluding hydrogens is 444 g/mol. The Hall–Kier alpha value is -2.78. The molecule has 9 heteroatoms. The van der Waals surface area contributed by atoms with Gasteiger partial charge in [0.1, 0.15) is 5.75 Å². The molecule has 0 aromatic heterocycles. The number of rotatable bonds is 7. The zero-order valence-electron chi connectivity index (χ0n) is 18.8. The van der Waals surface area contributed by atoms with Crippen LogP contribution in [0.2, 0.25) is 0 Å². The molecule has 4 rings (SSSR count). The number of benzene rings is 2. The summed E-state index contributed by atoms with van der Waals surface area (Å²) in [7, 11) is -2.03. The van der Waals surface area contributed by atoms with Crippen LogP contribution in [0.15, 0.2) is 47.4 Å². The molecule has 0 radical (unpaired) electrons. The minimum Gasteiger partial charge on any atom is -0.497 e. The van der Waals surface area contributed by atoms with E-state index in [4.69, 9.17) is 14.2 Å². The van der Waals surface area contributed by atoms with Crippen LogP contribution in [0.3, 0.4) is 0 Å². The third kappa shape index (κ3) is 5.59. The molecule has 0 saturated carbocycles. The van der Waals surface area contributed by atoms with Crippen molar-refractivity contribution in [2.75, 3.05) is 40.0 Å². The van der Waals surface area contributed by atoms with Gasteiger partial charge >= 0.3 is 0 Å². The van der Waals surface area contributed by atoms with Gasteiger partial charge in [0.2, 0.25) is 15.9 Å². The Labute approximate surface area is 194 Å². The Balaban J connectivity index is 1.28. The zero-order valence-corrected chi connectivity index (χ0v) is 19.6. The molecule has 2 aromatic carbocycles. The Bertz CT molecular complexity index is 1060. The number of nitrogens with one attached hydrogen (secondary N) is 1. The number of carbonyl (C=O) groups is 1. The van der Waals surface area contributed by atoms with Gasteiger partial charge in [-0.1, -0.05) is 12.1 Å². The van der Waals surface area contributed by atoms with E-state index in [0.29, 0.717) is 57.2 Å². The van der Waals surface area contributed by atoms with Crippen LogP contribution >= 0.6 is 0 Å². The molecule has 0 aliphatic carbocycles. The van der Waals surface area contributed by atoms with E-state index in [1.54, 1.807) is 19.2 Å². The molecule has 0 unspecified atom stereocenters. The fraction of sp³-hybridized carbons (Fsp3) is 0.458. The summed E-state index contributed by atoms with van der Waals surface area (Å²) in [5.74, 6) is 1.62. The maximum atomic E-state index is 13.1. The molecule has 1 saturated heterocycles. The summed E-state index contributed by atoms with van der Waals surface area (Å²) >= 11 is 0. The predicted octanol–water partition coefficient (Wildman–Crippen LogP) is 2.62. The average Bonchev–Trinajstić information content (AvgIpc) is 3.09. The monoisotopic (exact) mass is 474 g/mol. The minimum atomic E-state index is -3.66. The van der Waals surface area contributed by atoms with E-state index in [1.807, 2.05) is 24.3 Å². The Morgan fingerprint density at radius 3 is 2.45 bits per heavy atom. The van der Waals surface area contributed by atoms with Crippen LogP contribution in [0.1, 0.15) is 24.8 Å². The van der Waals surface area contributed by atoms with Gasteiger partial charge in [-0.15, -0.1) is 0 Å². The van der Waals surface area contributed by atoms with Crippen LogP contribution in [0.5, 0.6) is 17.2 Å². The molecule has 0 spiro atoms. The van der Waals surface area contributed by atoms with Crippen molar-refractivity contribution in [2.24, 2.45) is 5.92 Å². The number of carbonyl (C=O) groups excluding carboxylic acids is 1. The van der Waals surface area contributed by atoms with Gasteiger partial charge in [0.05, 0.1) is 25.2 Å². The number of methoxy groups -OCH3 is 1. The summed E-state index contributed by atoms with van der Waals surface area (Å²) in [6, 6.07) is 12.5. The molecule has 2 heterocycles. The largest absolute Gasteiger partial charge is 0.497 e. The summed E-state index contributed by atoms with van der Waals surface area (Å²) in [5, 5.41) is 2.99. The highest BCUT2D eigenvalue weighted by Gasteiger charge is 2.32. The maximum Gasteiger partial charge on any atom is 0.243 e. The highest BCUT2D eigenvalue weighted by Crippen LogP contribution is 2.33. The Morgan fingerprint density at radius 2 is 1.76 bits per heavy atom. The normalized spacial score (nSPS) is 17.2. The second-order valence-electron chi connectivity index (χ2n) is 8.23. The summed E-state index contributed by atoms with van der Waals surface area (Å²) in [5.41, 5.74) is 1.12. The van der Waals surface area contributed by atoms with Crippen molar-refractivity contribution in [1.82, 2.24) is 9.62 Å². The third-order valence-corrected chi connectivity index (χ3v) is 7.95. The van der Waals surface area contributed by atoms with Crippen molar-refractivity contribution in [3.63, 3.8) is 0 Å². The lowest BCUT2D eigenvalue weighted by atomic mass is 9.97. The molecule has 0 bridgehead atoms. The molecule has 0 atom stereocenters. The lowest BCUT2D eigenvalue weighted by Crippen LogP contribution is -2.43. The van der Waals surface area contributed by atoms with Crippen LogP contribution in [0.4, 0.5) is 0 Å². The van der Waals surface area contributed by atoms with E-state index in [-0.39, 0.29) is 16.7 Å². The smallest absolute Gasteiger partial charge is 0.243 e. The SMILES string of the molecule is COc1ccc(CCNC(=O)C2CCN(S(=O)(=O)c3ccc4c(c3)OCCCO4)CC2)cc1. The fourth-order valence-electron chi connectivity index (χ4n) is 4.08. The molecule has 178 valence electrons. The van der Waals surface area contributed by atoms with Gasteiger partial charge in [-0.3, -0.25) is 4.79 Å². The van der Waals surface area contributed by atoms with Gasteiger partial charge in [0.15, 0.2) is 11.5 Å². The van der Waals surface area contributed by atoms with Crippen LogP contribution in [-0.4, -0.2) is 58.6 Å². The van der Waals surface area contributed by atoms with Crippen molar-refractivity contribution in [3.8, 4) is 17.2 Å². The van der Waals surface area contributed by atoms with Crippen LogP contribution in [0, 0.1) is 5.92 Å². The summed E-state index contributed by atoms with van der Waals surface area (Å²) < 4.78 is 44.1. The van der Waals surface area contributed by atoms with E-state index < -0.39 is 10.0 Å². The van der Waals surface area contributed by atoms with Gasteiger partial charge in [-0.2, -0.15) is 4.31 Å². The molecule has 33 heavy (non-hydrogen) atoms. The number of hydrogen-bond acceptors (Lipinski definition) is 6. The van der Waals surface area contributed by atoms with Gasteiger partial charge < -0.3 is 19.5 Å². The van der Waals surface area contributed by atoms with Gasteiger partial charge in [-0.25, -0.2) is 8.42 Å². The molecule has 8 nitrogen and oxygen atoms in total. The van der Waals surface area contributed by atoms with Crippen molar-refractivity contribution in [3.05, 3.63) is 48.0 Å². The second kappa shape index (κ2) is 10.4. The van der Waals surface area contributed by atoms with Gasteiger partial charge in [-0.05, 0) is 49.1 Å². The topological polar surface area (TPSA) is 94.2 Å².